The van der Waals surface area contributed by atoms with Gasteiger partial charge in [-0.25, -0.2) is 4.79 Å². The van der Waals surface area contributed by atoms with Crippen LogP contribution in [-0.2, 0) is 0 Å². The van der Waals surface area contributed by atoms with Crippen LogP contribution in [0.15, 0.2) is 103 Å². The Morgan fingerprint density at radius 2 is 1.38 bits per heavy atom. The summed E-state index contributed by atoms with van der Waals surface area (Å²) in [6.07, 6.45) is 2.19. The van der Waals surface area contributed by atoms with E-state index in [1.165, 1.54) is 17.0 Å². The van der Waals surface area contributed by atoms with Gasteiger partial charge in [0.2, 0.25) is 0 Å². The highest BCUT2D eigenvalue weighted by Crippen LogP contribution is 2.31. The highest BCUT2D eigenvalue weighted by atomic mass is 32.1. The lowest BCUT2D eigenvalue weighted by molar-refractivity contribution is 0.0409. The summed E-state index contributed by atoms with van der Waals surface area (Å²) in [5.74, 6) is 0.335. The third-order valence-corrected chi connectivity index (χ3v) is 8.27. The molecule has 4 aromatic carbocycles. The van der Waals surface area contributed by atoms with Crippen LogP contribution in [0.3, 0.4) is 0 Å². The Morgan fingerprint density at radius 1 is 0.738 bits per heavy atom. The summed E-state index contributed by atoms with van der Waals surface area (Å²) in [7, 11) is 0. The van der Waals surface area contributed by atoms with E-state index in [2.05, 4.69) is 49.7 Å². The third kappa shape index (κ3) is 5.44. The first-order valence-electron chi connectivity index (χ1n) is 13.7. The lowest BCUT2D eigenvalue weighted by Crippen LogP contribution is -2.38. The quantitative estimate of drug-likeness (QED) is 0.217. The monoisotopic (exact) mass is 574 g/mol. The van der Waals surface area contributed by atoms with Gasteiger partial charge in [0.05, 0.1) is 5.56 Å². The number of hydrogen-bond donors (Lipinski definition) is 0. The first-order valence-corrected chi connectivity index (χ1v) is 14.6. The third-order valence-electron chi connectivity index (χ3n) is 7.25. The van der Waals surface area contributed by atoms with Crippen molar-refractivity contribution < 1.29 is 14.4 Å². The maximum Gasteiger partial charge on any atom is 0.365 e. The molecule has 208 valence electrons. The van der Waals surface area contributed by atoms with Gasteiger partial charge in [-0.1, -0.05) is 58.6 Å². The van der Waals surface area contributed by atoms with Gasteiger partial charge in [0.15, 0.2) is 0 Å². The second-order valence-electron chi connectivity index (χ2n) is 9.98. The standard InChI is InChI=1S/C32H26N6O3S/c39-32(41-38-29-9-5-4-8-28(29)33-36-38)24-12-10-22(11-13-24)30-34-35-31(42-30)23-14-16-26(17-15-23)40-27-18-20-37(21-19-27)25-6-2-1-3-7-25/h1-17,27H,18-21H2. The molecule has 0 aliphatic carbocycles. The zero-order valence-electron chi connectivity index (χ0n) is 22.5. The van der Waals surface area contributed by atoms with Gasteiger partial charge >= 0.3 is 5.97 Å². The molecule has 9 nitrogen and oxygen atoms in total. The van der Waals surface area contributed by atoms with E-state index in [-0.39, 0.29) is 6.10 Å². The van der Waals surface area contributed by atoms with Gasteiger partial charge in [0.1, 0.15) is 32.9 Å². The molecule has 1 aliphatic rings. The highest BCUT2D eigenvalue weighted by molar-refractivity contribution is 7.17. The number of ether oxygens (including phenoxy) is 1. The van der Waals surface area contributed by atoms with E-state index >= 15 is 0 Å². The largest absolute Gasteiger partial charge is 0.490 e. The van der Waals surface area contributed by atoms with Crippen molar-refractivity contribution in [3.63, 3.8) is 0 Å². The van der Waals surface area contributed by atoms with E-state index in [0.29, 0.717) is 16.6 Å². The molecule has 7 rings (SSSR count). The molecule has 0 saturated carbocycles. The number of nitrogens with zero attached hydrogens (tertiary/aromatic N) is 6. The van der Waals surface area contributed by atoms with Gasteiger partial charge in [-0.15, -0.1) is 15.3 Å². The molecule has 0 radical (unpaired) electrons. The number of piperidine rings is 1. The summed E-state index contributed by atoms with van der Waals surface area (Å²) in [4.78, 5) is 21.6. The number of fused-ring (bicyclic) bond motifs is 1. The molecular weight excluding hydrogens is 548 g/mol. The van der Waals surface area contributed by atoms with Gasteiger partial charge in [-0.3, -0.25) is 0 Å². The molecule has 3 heterocycles. The fraction of sp³-hybridized carbons (Fsp3) is 0.156. The van der Waals surface area contributed by atoms with E-state index in [9.17, 15) is 4.79 Å². The molecule has 0 bridgehead atoms. The fourth-order valence-corrected chi connectivity index (χ4v) is 5.85. The van der Waals surface area contributed by atoms with Gasteiger partial charge in [-0.05, 0) is 65.9 Å². The molecule has 42 heavy (non-hydrogen) atoms. The van der Waals surface area contributed by atoms with E-state index in [1.54, 1.807) is 24.3 Å². The van der Waals surface area contributed by atoms with Crippen LogP contribution in [0.5, 0.6) is 5.75 Å². The number of carbonyl (C=O) groups is 1. The smallest absolute Gasteiger partial charge is 0.365 e. The van der Waals surface area contributed by atoms with E-state index in [0.717, 1.165) is 57.7 Å². The molecule has 1 fully saturated rings. The second kappa shape index (κ2) is 11.4. The van der Waals surface area contributed by atoms with Gasteiger partial charge in [0.25, 0.3) is 0 Å². The van der Waals surface area contributed by atoms with Crippen molar-refractivity contribution in [1.29, 1.82) is 0 Å². The Bertz CT molecular complexity index is 1810. The average molecular weight is 575 g/mol. The van der Waals surface area contributed by atoms with Crippen LogP contribution >= 0.6 is 11.3 Å². The predicted octanol–water partition coefficient (Wildman–Crippen LogP) is 5.93. The van der Waals surface area contributed by atoms with Crippen LogP contribution in [0.4, 0.5) is 5.69 Å². The van der Waals surface area contributed by atoms with Crippen molar-refractivity contribution in [3.8, 4) is 26.9 Å². The molecule has 10 heteroatoms. The first-order chi connectivity index (χ1) is 20.7. The Morgan fingerprint density at radius 3 is 2.10 bits per heavy atom. The van der Waals surface area contributed by atoms with Crippen LogP contribution in [-0.4, -0.2) is 50.5 Å². The van der Waals surface area contributed by atoms with Crippen LogP contribution in [0.25, 0.3) is 32.2 Å². The van der Waals surface area contributed by atoms with Gasteiger partial charge in [-0.2, -0.15) is 0 Å². The Balaban J connectivity index is 0.959. The summed E-state index contributed by atoms with van der Waals surface area (Å²) >= 11 is 1.49. The minimum atomic E-state index is -0.529. The molecule has 0 amide bonds. The minimum absolute atomic E-state index is 0.208. The van der Waals surface area contributed by atoms with Crippen LogP contribution in [0, 0.1) is 0 Å². The normalized spacial score (nSPS) is 13.8. The van der Waals surface area contributed by atoms with Crippen LogP contribution in [0.2, 0.25) is 0 Å². The van der Waals surface area contributed by atoms with Crippen molar-refractivity contribution in [2.24, 2.45) is 0 Å². The SMILES string of the molecule is O=C(On1nnc2ccccc21)c1ccc(-c2nnc(-c3ccc(OC4CCN(c5ccccc5)CC4)cc3)s2)cc1. The van der Waals surface area contributed by atoms with Crippen molar-refractivity contribution in [3.05, 3.63) is 109 Å². The molecule has 2 aromatic heterocycles. The summed E-state index contributed by atoms with van der Waals surface area (Å²) < 4.78 is 6.28. The molecular formula is C32H26N6O3S. The molecule has 0 spiro atoms. The number of carbonyl (C=O) groups excluding carboxylic acids is 1. The topological polar surface area (TPSA) is 95.3 Å². The van der Waals surface area contributed by atoms with E-state index in [4.69, 9.17) is 9.57 Å². The summed E-state index contributed by atoms with van der Waals surface area (Å²) in [6.45, 7) is 1.98. The summed E-state index contributed by atoms with van der Waals surface area (Å²) in [5.41, 5.74) is 4.77. The second-order valence-corrected chi connectivity index (χ2v) is 11.0. The zero-order chi connectivity index (χ0) is 28.3. The number of hydrogen-bond acceptors (Lipinski definition) is 9. The van der Waals surface area contributed by atoms with Crippen molar-refractivity contribution >= 4 is 34.0 Å². The van der Waals surface area contributed by atoms with Crippen LogP contribution < -0.4 is 14.5 Å². The maximum atomic E-state index is 12.7. The molecule has 1 saturated heterocycles. The zero-order valence-corrected chi connectivity index (χ0v) is 23.4. The molecule has 6 aromatic rings. The number of benzene rings is 4. The molecule has 0 unspecified atom stereocenters. The number of aromatic nitrogens is 5. The van der Waals surface area contributed by atoms with Crippen LogP contribution in [0.1, 0.15) is 23.2 Å². The van der Waals surface area contributed by atoms with Crippen molar-refractivity contribution in [2.75, 3.05) is 18.0 Å². The summed E-state index contributed by atoms with van der Waals surface area (Å²) in [5, 5.41) is 18.2. The first kappa shape index (κ1) is 25.8. The molecule has 0 N–H and O–H groups in total. The predicted molar refractivity (Wildman–Crippen MR) is 162 cm³/mol. The Labute approximate surface area is 245 Å². The van der Waals surface area contributed by atoms with Gasteiger partial charge < -0.3 is 14.5 Å². The highest BCUT2D eigenvalue weighted by Gasteiger charge is 2.21. The van der Waals surface area contributed by atoms with E-state index in [1.807, 2.05) is 54.6 Å². The van der Waals surface area contributed by atoms with Gasteiger partial charge in [0, 0.05) is 42.7 Å². The van der Waals surface area contributed by atoms with E-state index < -0.39 is 5.97 Å². The number of rotatable bonds is 7. The summed E-state index contributed by atoms with van der Waals surface area (Å²) in [6, 6.07) is 32.9. The fourth-order valence-electron chi connectivity index (χ4n) is 4.99. The molecule has 1 aliphatic heterocycles. The maximum absolute atomic E-state index is 12.7. The lowest BCUT2D eigenvalue weighted by atomic mass is 10.1. The average Bonchev–Trinajstić information content (AvgIpc) is 3.71. The molecule has 0 atom stereocenters. The van der Waals surface area contributed by atoms with Crippen molar-refractivity contribution in [2.45, 2.75) is 18.9 Å². The Hall–Kier alpha value is -5.09. The lowest BCUT2D eigenvalue weighted by Gasteiger charge is -2.33. The van der Waals surface area contributed by atoms with Crippen molar-refractivity contribution in [1.82, 2.24) is 25.4 Å². The number of para-hydroxylation sites is 2. The minimum Gasteiger partial charge on any atom is -0.490 e. The number of anilines is 1. The Kier molecular flexibility index (Phi) is 7.03.